The summed E-state index contributed by atoms with van der Waals surface area (Å²) >= 11 is 0. The molecule has 0 aromatic carbocycles. The fraction of sp³-hybridized carbons (Fsp3) is 0.786. The van der Waals surface area contributed by atoms with E-state index in [9.17, 15) is 14.4 Å². The molecule has 5 amide bonds. The first-order chi connectivity index (χ1) is 10.5. The summed E-state index contributed by atoms with van der Waals surface area (Å²) in [7, 11) is 0. The van der Waals surface area contributed by atoms with Crippen molar-refractivity contribution in [2.45, 2.75) is 51.4 Å². The Bertz CT molecular complexity index is 306. The summed E-state index contributed by atoms with van der Waals surface area (Å²) in [4.78, 5) is 31.1. The topological polar surface area (TPSA) is 139 Å². The molecule has 1 fully saturated rings. The van der Waals surface area contributed by atoms with Gasteiger partial charge in [0.2, 0.25) is 5.91 Å². The first kappa shape index (κ1) is 20.0. The molecule has 0 saturated carbocycles. The van der Waals surface area contributed by atoms with Crippen LogP contribution < -0.4 is 27.4 Å². The van der Waals surface area contributed by atoms with E-state index in [1.165, 1.54) is 6.42 Å². The van der Waals surface area contributed by atoms with Crippen LogP contribution in [0.2, 0.25) is 0 Å². The molecule has 0 radical (unpaired) electrons. The first-order valence-electron chi connectivity index (χ1n) is 7.85. The Morgan fingerprint density at radius 2 is 1.45 bits per heavy atom. The van der Waals surface area contributed by atoms with E-state index in [0.717, 1.165) is 51.5 Å². The molecule has 0 aromatic heterocycles. The maximum Gasteiger partial charge on any atom is 0.312 e. The van der Waals surface area contributed by atoms with Gasteiger partial charge in [0.05, 0.1) is 0 Å². The zero-order valence-corrected chi connectivity index (χ0v) is 13.2. The van der Waals surface area contributed by atoms with E-state index in [4.69, 9.17) is 11.5 Å². The zero-order chi connectivity index (χ0) is 16.6. The molecule has 1 heterocycles. The molecule has 0 aromatic rings. The van der Waals surface area contributed by atoms with Crippen molar-refractivity contribution in [2.75, 3.05) is 19.6 Å². The Hall–Kier alpha value is -1.99. The summed E-state index contributed by atoms with van der Waals surface area (Å²) in [6.45, 7) is 2.11. The molecular formula is C14H29N5O3. The standard InChI is InChI=1S/C8H18N4O2.C6H11NO/c9-7(13)11-5-3-1-2-4-6-12-8(10)14;8-6-4-2-1-3-5-7-6/h1-6H2,(H3,9,11,13)(H3,10,12,14);1-5H2,(H,7,8). The molecule has 8 nitrogen and oxygen atoms in total. The lowest BCUT2D eigenvalue weighted by Crippen LogP contribution is -2.30. The molecule has 0 atom stereocenters. The number of amides is 5. The first-order valence-corrected chi connectivity index (χ1v) is 7.85. The fourth-order valence-corrected chi connectivity index (χ4v) is 1.93. The van der Waals surface area contributed by atoms with Gasteiger partial charge in [0.25, 0.3) is 0 Å². The van der Waals surface area contributed by atoms with Crippen LogP contribution >= 0.6 is 0 Å². The number of rotatable bonds is 7. The molecule has 1 rings (SSSR count). The second kappa shape index (κ2) is 14.0. The van der Waals surface area contributed by atoms with Crippen LogP contribution in [0.3, 0.4) is 0 Å². The van der Waals surface area contributed by atoms with Crippen LogP contribution in [0.25, 0.3) is 0 Å². The molecule has 1 saturated heterocycles. The van der Waals surface area contributed by atoms with E-state index < -0.39 is 12.1 Å². The van der Waals surface area contributed by atoms with Crippen LogP contribution in [-0.4, -0.2) is 37.6 Å². The molecule has 0 aliphatic carbocycles. The summed E-state index contributed by atoms with van der Waals surface area (Å²) < 4.78 is 0. The minimum absolute atomic E-state index is 0.225. The molecule has 128 valence electrons. The van der Waals surface area contributed by atoms with Crippen molar-refractivity contribution in [3.8, 4) is 0 Å². The number of carbonyl (C=O) groups excluding carboxylic acids is 3. The van der Waals surface area contributed by atoms with Crippen molar-refractivity contribution in [3.63, 3.8) is 0 Å². The van der Waals surface area contributed by atoms with Crippen LogP contribution in [0.1, 0.15) is 51.4 Å². The third kappa shape index (κ3) is 16.1. The molecule has 0 bridgehead atoms. The fourth-order valence-electron chi connectivity index (χ4n) is 1.93. The van der Waals surface area contributed by atoms with E-state index in [-0.39, 0.29) is 5.91 Å². The van der Waals surface area contributed by atoms with Crippen molar-refractivity contribution < 1.29 is 14.4 Å². The van der Waals surface area contributed by atoms with Gasteiger partial charge in [-0.05, 0) is 25.7 Å². The van der Waals surface area contributed by atoms with E-state index in [1.807, 2.05) is 0 Å². The summed E-state index contributed by atoms with van der Waals surface area (Å²) in [6.07, 6.45) is 7.98. The maximum atomic E-state index is 10.6. The Labute approximate surface area is 131 Å². The van der Waals surface area contributed by atoms with Crippen LogP contribution in [-0.2, 0) is 4.79 Å². The van der Waals surface area contributed by atoms with Gasteiger partial charge < -0.3 is 27.4 Å². The van der Waals surface area contributed by atoms with E-state index in [1.54, 1.807) is 0 Å². The Balaban J connectivity index is 0.000000461. The number of primary amides is 2. The minimum atomic E-state index is -0.486. The average molecular weight is 315 g/mol. The van der Waals surface area contributed by atoms with Crippen molar-refractivity contribution in [1.29, 1.82) is 0 Å². The summed E-state index contributed by atoms with van der Waals surface area (Å²) in [5.74, 6) is 0.225. The summed E-state index contributed by atoms with van der Waals surface area (Å²) in [6, 6.07) is -0.971. The Kier molecular flexibility index (Phi) is 12.7. The van der Waals surface area contributed by atoms with Crippen molar-refractivity contribution in [1.82, 2.24) is 16.0 Å². The average Bonchev–Trinajstić information content (AvgIpc) is 2.69. The van der Waals surface area contributed by atoms with Gasteiger partial charge >= 0.3 is 12.1 Å². The van der Waals surface area contributed by atoms with Gasteiger partial charge in [0.15, 0.2) is 0 Å². The monoisotopic (exact) mass is 315 g/mol. The predicted octanol–water partition coefficient (Wildman–Crippen LogP) is 0.560. The van der Waals surface area contributed by atoms with Crippen molar-refractivity contribution in [2.24, 2.45) is 11.5 Å². The Morgan fingerprint density at radius 3 is 1.95 bits per heavy atom. The molecule has 0 unspecified atom stereocenters. The molecule has 22 heavy (non-hydrogen) atoms. The lowest BCUT2D eigenvalue weighted by atomic mass is 10.2. The molecule has 0 spiro atoms. The highest BCUT2D eigenvalue weighted by Gasteiger charge is 2.03. The quantitative estimate of drug-likeness (QED) is 0.438. The number of nitrogens with one attached hydrogen (secondary N) is 3. The zero-order valence-electron chi connectivity index (χ0n) is 13.2. The number of unbranched alkanes of at least 4 members (excludes halogenated alkanes) is 3. The summed E-state index contributed by atoms with van der Waals surface area (Å²) in [5.41, 5.74) is 9.75. The smallest absolute Gasteiger partial charge is 0.312 e. The van der Waals surface area contributed by atoms with Crippen molar-refractivity contribution in [3.05, 3.63) is 0 Å². The predicted molar refractivity (Wildman–Crippen MR) is 85.1 cm³/mol. The van der Waals surface area contributed by atoms with Gasteiger partial charge in [-0.15, -0.1) is 0 Å². The normalized spacial score (nSPS) is 13.9. The summed E-state index contributed by atoms with van der Waals surface area (Å²) in [5, 5.41) is 7.81. The van der Waals surface area contributed by atoms with E-state index >= 15 is 0 Å². The second-order valence-electron chi connectivity index (χ2n) is 5.16. The van der Waals surface area contributed by atoms with Crippen LogP contribution in [0.15, 0.2) is 0 Å². The maximum absolute atomic E-state index is 10.6. The van der Waals surface area contributed by atoms with Crippen molar-refractivity contribution >= 4 is 18.0 Å². The SMILES string of the molecule is NC(=O)NCCCCCCNC(N)=O.O=C1CCCCCN1. The molecule has 8 heteroatoms. The second-order valence-corrected chi connectivity index (χ2v) is 5.16. The number of carbonyl (C=O) groups is 3. The highest BCUT2D eigenvalue weighted by molar-refractivity contribution is 5.75. The van der Waals surface area contributed by atoms with Crippen LogP contribution in [0, 0.1) is 0 Å². The number of hydrogen-bond donors (Lipinski definition) is 5. The van der Waals surface area contributed by atoms with Gasteiger partial charge in [-0.1, -0.05) is 19.3 Å². The Morgan fingerprint density at radius 1 is 0.909 bits per heavy atom. The highest BCUT2D eigenvalue weighted by atomic mass is 16.2. The molecule has 7 N–H and O–H groups in total. The van der Waals surface area contributed by atoms with Gasteiger partial charge in [0, 0.05) is 26.1 Å². The van der Waals surface area contributed by atoms with E-state index in [0.29, 0.717) is 13.1 Å². The minimum Gasteiger partial charge on any atom is -0.356 e. The van der Waals surface area contributed by atoms with Gasteiger partial charge in [-0.2, -0.15) is 0 Å². The van der Waals surface area contributed by atoms with Gasteiger partial charge in [-0.3, -0.25) is 4.79 Å². The van der Waals surface area contributed by atoms with Crippen LogP contribution in [0.5, 0.6) is 0 Å². The molecule has 1 aliphatic rings. The van der Waals surface area contributed by atoms with E-state index in [2.05, 4.69) is 16.0 Å². The number of urea groups is 2. The van der Waals surface area contributed by atoms with Gasteiger partial charge in [-0.25, -0.2) is 9.59 Å². The van der Waals surface area contributed by atoms with Gasteiger partial charge in [0.1, 0.15) is 0 Å². The molecular weight excluding hydrogens is 286 g/mol. The van der Waals surface area contributed by atoms with Crippen LogP contribution in [0.4, 0.5) is 9.59 Å². The number of nitrogens with two attached hydrogens (primary N) is 2. The third-order valence-electron chi connectivity index (χ3n) is 3.10. The molecule has 1 aliphatic heterocycles. The lowest BCUT2D eigenvalue weighted by molar-refractivity contribution is -0.120. The largest absolute Gasteiger partial charge is 0.356 e. The highest BCUT2D eigenvalue weighted by Crippen LogP contribution is 2.02. The number of hydrogen-bond acceptors (Lipinski definition) is 3. The third-order valence-corrected chi connectivity index (χ3v) is 3.10. The lowest BCUT2D eigenvalue weighted by Gasteiger charge is -2.02.